The molecule has 4 heterocycles. The Bertz CT molecular complexity index is 601. The number of rotatable bonds is 3. The van der Waals surface area contributed by atoms with Crippen LogP contribution in [0.4, 0.5) is 0 Å². The highest BCUT2D eigenvalue weighted by Gasteiger charge is 2.45. The fourth-order valence-electron chi connectivity index (χ4n) is 4.81. The van der Waals surface area contributed by atoms with Crippen molar-refractivity contribution in [2.45, 2.75) is 50.3 Å². The Morgan fingerprint density at radius 1 is 1.18 bits per heavy atom. The number of morpholine rings is 1. The molecule has 28 heavy (non-hydrogen) atoms. The largest absolute Gasteiger partial charge is 0.376 e. The molecule has 3 fully saturated rings. The van der Waals surface area contributed by atoms with E-state index in [0.29, 0.717) is 12.1 Å². The predicted octanol–water partition coefficient (Wildman–Crippen LogP) is 1.52. The van der Waals surface area contributed by atoms with Crippen LogP contribution < -0.4 is 5.32 Å². The van der Waals surface area contributed by atoms with Crippen molar-refractivity contribution < 1.29 is 9.53 Å². The summed E-state index contributed by atoms with van der Waals surface area (Å²) in [5.41, 5.74) is -0.505. The Kier molecular flexibility index (Phi) is 8.58. The van der Waals surface area contributed by atoms with Crippen LogP contribution >= 0.6 is 24.8 Å². The molecule has 0 saturated carbocycles. The van der Waals surface area contributed by atoms with E-state index < -0.39 is 5.54 Å². The van der Waals surface area contributed by atoms with Gasteiger partial charge in [-0.15, -0.1) is 24.8 Å². The summed E-state index contributed by atoms with van der Waals surface area (Å²) in [6.45, 7) is 8.46. The standard InChI is InChI=1S/C19H31N5O2.2ClH/c1-16-15-23(13-14-26-16)17-3-11-22(12-4-17)18(25)19(5-8-20-9-6-19)24-10-2-7-21-24;;/h2,7,10,16-17,20H,3-6,8-9,11-15H2,1H3;2*1H. The Labute approximate surface area is 180 Å². The van der Waals surface area contributed by atoms with Crippen molar-refractivity contribution >= 4 is 30.7 Å². The first-order valence-corrected chi connectivity index (χ1v) is 10.0. The van der Waals surface area contributed by atoms with E-state index in [0.717, 1.165) is 71.6 Å². The van der Waals surface area contributed by atoms with Gasteiger partial charge in [0.15, 0.2) is 0 Å². The summed E-state index contributed by atoms with van der Waals surface area (Å²) < 4.78 is 7.58. The zero-order chi connectivity index (χ0) is 18.0. The number of likely N-dealkylation sites (tertiary alicyclic amines) is 1. The number of ether oxygens (including phenoxy) is 1. The second-order valence-electron chi connectivity index (χ2n) is 7.93. The summed E-state index contributed by atoms with van der Waals surface area (Å²) in [6.07, 6.45) is 7.80. The minimum absolute atomic E-state index is 0. The second-order valence-corrected chi connectivity index (χ2v) is 7.93. The van der Waals surface area contributed by atoms with E-state index in [1.807, 2.05) is 16.9 Å². The van der Waals surface area contributed by atoms with Gasteiger partial charge in [0.1, 0.15) is 5.54 Å². The van der Waals surface area contributed by atoms with Crippen molar-refractivity contribution in [3.05, 3.63) is 18.5 Å². The molecule has 3 aliphatic heterocycles. The van der Waals surface area contributed by atoms with Crippen LogP contribution in [0.5, 0.6) is 0 Å². The van der Waals surface area contributed by atoms with Crippen molar-refractivity contribution in [3.8, 4) is 0 Å². The van der Waals surface area contributed by atoms with Crippen LogP contribution in [-0.4, -0.2) is 83.5 Å². The fraction of sp³-hybridized carbons (Fsp3) is 0.789. The number of hydrogen-bond acceptors (Lipinski definition) is 5. The van der Waals surface area contributed by atoms with Crippen LogP contribution in [0, 0.1) is 0 Å². The predicted molar refractivity (Wildman–Crippen MR) is 113 cm³/mol. The van der Waals surface area contributed by atoms with E-state index in [2.05, 4.69) is 27.1 Å². The van der Waals surface area contributed by atoms with Gasteiger partial charge in [0.25, 0.3) is 5.91 Å². The highest BCUT2D eigenvalue weighted by atomic mass is 35.5. The summed E-state index contributed by atoms with van der Waals surface area (Å²) in [5, 5.41) is 7.83. The van der Waals surface area contributed by atoms with E-state index in [9.17, 15) is 4.79 Å². The molecule has 4 rings (SSSR count). The molecule has 0 spiro atoms. The van der Waals surface area contributed by atoms with Crippen molar-refractivity contribution in [2.24, 2.45) is 0 Å². The lowest BCUT2D eigenvalue weighted by atomic mass is 9.86. The third-order valence-corrected chi connectivity index (χ3v) is 6.31. The second kappa shape index (κ2) is 10.3. The van der Waals surface area contributed by atoms with Crippen LogP contribution in [0.3, 0.4) is 0 Å². The summed E-state index contributed by atoms with van der Waals surface area (Å²) in [4.78, 5) is 18.2. The number of piperidine rings is 2. The number of nitrogens with zero attached hydrogens (tertiary/aromatic N) is 4. The molecule has 0 radical (unpaired) electrons. The third-order valence-electron chi connectivity index (χ3n) is 6.31. The smallest absolute Gasteiger partial charge is 0.250 e. The number of amides is 1. The minimum atomic E-state index is -0.505. The zero-order valence-corrected chi connectivity index (χ0v) is 18.2. The molecule has 1 amide bonds. The first-order chi connectivity index (χ1) is 12.7. The molecular formula is C19H33Cl2N5O2. The maximum absolute atomic E-state index is 13.5. The molecule has 1 unspecified atom stereocenters. The number of hydrogen-bond donors (Lipinski definition) is 1. The summed E-state index contributed by atoms with van der Waals surface area (Å²) in [6, 6.07) is 2.50. The first kappa shape index (κ1) is 23.4. The van der Waals surface area contributed by atoms with Crippen molar-refractivity contribution in [3.63, 3.8) is 0 Å². The molecule has 7 nitrogen and oxygen atoms in total. The minimum Gasteiger partial charge on any atom is -0.376 e. The van der Waals surface area contributed by atoms with Crippen LogP contribution in [0.2, 0.25) is 0 Å². The average molecular weight is 434 g/mol. The summed E-state index contributed by atoms with van der Waals surface area (Å²) >= 11 is 0. The lowest BCUT2D eigenvalue weighted by Gasteiger charge is -2.45. The maximum Gasteiger partial charge on any atom is 0.250 e. The molecule has 1 aromatic heterocycles. The van der Waals surface area contributed by atoms with Crippen molar-refractivity contribution in [1.82, 2.24) is 24.9 Å². The molecule has 3 aliphatic rings. The quantitative estimate of drug-likeness (QED) is 0.782. The highest BCUT2D eigenvalue weighted by molar-refractivity contribution is 5.86. The molecule has 1 N–H and O–H groups in total. The molecule has 3 saturated heterocycles. The van der Waals surface area contributed by atoms with Gasteiger partial charge in [0.05, 0.1) is 12.7 Å². The monoisotopic (exact) mass is 433 g/mol. The van der Waals surface area contributed by atoms with Gasteiger partial charge in [-0.05, 0) is 51.8 Å². The summed E-state index contributed by atoms with van der Waals surface area (Å²) in [7, 11) is 0. The first-order valence-electron chi connectivity index (χ1n) is 10.0. The zero-order valence-electron chi connectivity index (χ0n) is 16.6. The lowest BCUT2D eigenvalue weighted by Crippen LogP contribution is -2.58. The van der Waals surface area contributed by atoms with E-state index in [-0.39, 0.29) is 30.7 Å². The molecule has 9 heteroatoms. The van der Waals surface area contributed by atoms with Gasteiger partial charge in [-0.1, -0.05) is 0 Å². The SMILES string of the molecule is CC1CN(C2CCN(C(=O)C3(n4cccn4)CCNCC3)CC2)CCO1.Cl.Cl. The Morgan fingerprint density at radius 2 is 1.89 bits per heavy atom. The topological polar surface area (TPSA) is 62.6 Å². The van der Waals surface area contributed by atoms with Gasteiger partial charge >= 0.3 is 0 Å². The van der Waals surface area contributed by atoms with Gasteiger partial charge in [-0.2, -0.15) is 5.10 Å². The van der Waals surface area contributed by atoms with Crippen LogP contribution in [0.1, 0.15) is 32.6 Å². The Balaban J connectivity index is 0.00000140. The van der Waals surface area contributed by atoms with E-state index in [1.54, 1.807) is 6.20 Å². The third kappa shape index (κ3) is 4.65. The normalized spacial score (nSPS) is 26.2. The fourth-order valence-corrected chi connectivity index (χ4v) is 4.81. The molecule has 1 aromatic rings. The molecule has 0 aromatic carbocycles. The van der Waals surface area contributed by atoms with Gasteiger partial charge in [-0.3, -0.25) is 14.4 Å². The Morgan fingerprint density at radius 3 is 2.50 bits per heavy atom. The van der Waals surface area contributed by atoms with E-state index in [1.165, 1.54) is 0 Å². The van der Waals surface area contributed by atoms with Crippen molar-refractivity contribution in [2.75, 3.05) is 45.9 Å². The van der Waals surface area contributed by atoms with Crippen LogP contribution in [0.15, 0.2) is 18.5 Å². The van der Waals surface area contributed by atoms with E-state index >= 15 is 0 Å². The molecular weight excluding hydrogens is 401 g/mol. The molecule has 1 atom stereocenters. The molecule has 0 bridgehead atoms. The number of aromatic nitrogens is 2. The van der Waals surface area contributed by atoms with Crippen LogP contribution in [0.25, 0.3) is 0 Å². The molecule has 0 aliphatic carbocycles. The van der Waals surface area contributed by atoms with Gasteiger partial charge < -0.3 is 15.0 Å². The summed E-state index contributed by atoms with van der Waals surface area (Å²) in [5.74, 6) is 0.261. The number of halogens is 2. The maximum atomic E-state index is 13.5. The van der Waals surface area contributed by atoms with Crippen molar-refractivity contribution in [1.29, 1.82) is 0 Å². The Hall–Kier alpha value is -0.860. The average Bonchev–Trinajstić information content (AvgIpc) is 3.23. The van der Waals surface area contributed by atoms with Gasteiger partial charge in [-0.25, -0.2) is 0 Å². The number of carbonyl (C=O) groups excluding carboxylic acids is 1. The number of carbonyl (C=O) groups is 1. The molecule has 160 valence electrons. The van der Waals surface area contributed by atoms with Crippen LogP contribution in [-0.2, 0) is 15.1 Å². The van der Waals surface area contributed by atoms with Gasteiger partial charge in [0.2, 0.25) is 0 Å². The number of nitrogens with one attached hydrogen (secondary N) is 1. The highest BCUT2D eigenvalue weighted by Crippen LogP contribution is 2.31. The lowest BCUT2D eigenvalue weighted by molar-refractivity contribution is -0.145. The van der Waals surface area contributed by atoms with Gasteiger partial charge in [0, 0.05) is 44.6 Å². The van der Waals surface area contributed by atoms with E-state index in [4.69, 9.17) is 4.74 Å².